The number of alkyl halides is 2. The summed E-state index contributed by atoms with van der Waals surface area (Å²) in [7, 11) is 0. The van der Waals surface area contributed by atoms with Crippen molar-refractivity contribution in [2.24, 2.45) is 5.73 Å². The summed E-state index contributed by atoms with van der Waals surface area (Å²) in [5.74, 6) is -0.622. The first kappa shape index (κ1) is 17.8. The minimum absolute atomic E-state index is 0.0832. The Balaban J connectivity index is 0.00000154. The first-order valence-electron chi connectivity index (χ1n) is 6.48. The molecule has 0 saturated heterocycles. The highest BCUT2D eigenvalue weighted by Crippen LogP contribution is 2.26. The van der Waals surface area contributed by atoms with Crippen LogP contribution in [-0.4, -0.2) is 13.2 Å². The molecule has 110 valence electrons. The van der Waals surface area contributed by atoms with Crippen LogP contribution in [-0.2, 0) is 6.42 Å². The summed E-state index contributed by atoms with van der Waals surface area (Å²) in [4.78, 5) is 0. The number of hydrogen-bond acceptors (Lipinski definition) is 2. The summed E-state index contributed by atoms with van der Waals surface area (Å²) in [5, 5.41) is 0. The Kier molecular flexibility index (Phi) is 9.04. The Morgan fingerprint density at radius 1 is 1.21 bits per heavy atom. The van der Waals surface area contributed by atoms with Crippen molar-refractivity contribution < 1.29 is 17.9 Å². The van der Waals surface area contributed by atoms with Gasteiger partial charge in [-0.15, -0.1) is 0 Å². The van der Waals surface area contributed by atoms with Gasteiger partial charge < -0.3 is 10.5 Å². The monoisotopic (exact) mass is 277 g/mol. The van der Waals surface area contributed by atoms with E-state index in [2.05, 4.69) is 4.74 Å². The molecular weight excluding hydrogens is 255 g/mol. The van der Waals surface area contributed by atoms with Gasteiger partial charge in [-0.2, -0.15) is 8.78 Å². The molecular formula is C14H22F3NO. The molecule has 0 atom stereocenters. The average molecular weight is 277 g/mol. The maximum Gasteiger partial charge on any atom is 0.387 e. The second kappa shape index (κ2) is 9.67. The second-order valence-corrected chi connectivity index (χ2v) is 3.83. The molecule has 0 aliphatic rings. The summed E-state index contributed by atoms with van der Waals surface area (Å²) in [6, 6.07) is 2.56. The number of benzene rings is 1. The molecule has 2 N–H and O–H groups in total. The maximum atomic E-state index is 13.3. The summed E-state index contributed by atoms with van der Waals surface area (Å²) < 4.78 is 41.9. The van der Waals surface area contributed by atoms with E-state index >= 15 is 0 Å². The lowest BCUT2D eigenvalue weighted by Gasteiger charge is -2.12. The fraction of sp³-hybridized carbons (Fsp3) is 0.571. The molecule has 0 aliphatic carbocycles. The molecule has 0 unspecified atom stereocenters. The maximum absolute atomic E-state index is 13.3. The van der Waals surface area contributed by atoms with E-state index in [4.69, 9.17) is 5.73 Å². The van der Waals surface area contributed by atoms with Crippen LogP contribution in [0.1, 0.15) is 37.8 Å². The number of hydrogen-bond donors (Lipinski definition) is 1. The van der Waals surface area contributed by atoms with E-state index < -0.39 is 12.4 Å². The fourth-order valence-corrected chi connectivity index (χ4v) is 1.58. The van der Waals surface area contributed by atoms with Gasteiger partial charge in [0.2, 0.25) is 0 Å². The standard InChI is InChI=1S/C12H16F3NO.C2H6/c1-8-6-9(4-2-3-5-16)11(7-10(8)13)17-12(14)15;1-2/h6-7,12H,2-5,16H2,1H3;1-2H3. The number of ether oxygens (including phenoxy) is 1. The van der Waals surface area contributed by atoms with Gasteiger partial charge in [0, 0.05) is 6.07 Å². The van der Waals surface area contributed by atoms with Crippen LogP contribution in [0, 0.1) is 12.7 Å². The quantitative estimate of drug-likeness (QED) is 0.796. The van der Waals surface area contributed by atoms with Gasteiger partial charge in [-0.3, -0.25) is 0 Å². The minimum Gasteiger partial charge on any atom is -0.434 e. The lowest BCUT2D eigenvalue weighted by molar-refractivity contribution is -0.0506. The molecule has 0 bridgehead atoms. The summed E-state index contributed by atoms with van der Waals surface area (Å²) >= 11 is 0. The Labute approximate surface area is 112 Å². The molecule has 0 spiro atoms. The zero-order valence-electron chi connectivity index (χ0n) is 11.7. The Morgan fingerprint density at radius 3 is 2.37 bits per heavy atom. The third-order valence-electron chi connectivity index (χ3n) is 2.46. The van der Waals surface area contributed by atoms with Crippen molar-refractivity contribution in [3.63, 3.8) is 0 Å². The van der Waals surface area contributed by atoms with E-state index in [1.54, 1.807) is 13.0 Å². The SMILES string of the molecule is CC.Cc1cc(CCCCN)c(OC(F)F)cc1F. The van der Waals surface area contributed by atoms with Gasteiger partial charge in [0.15, 0.2) is 0 Å². The van der Waals surface area contributed by atoms with Crippen molar-refractivity contribution in [1.29, 1.82) is 0 Å². The van der Waals surface area contributed by atoms with Gasteiger partial charge in [-0.25, -0.2) is 4.39 Å². The first-order valence-corrected chi connectivity index (χ1v) is 6.48. The summed E-state index contributed by atoms with van der Waals surface area (Å²) in [6.07, 6.45) is 2.12. The van der Waals surface area contributed by atoms with Gasteiger partial charge in [-0.05, 0) is 49.9 Å². The van der Waals surface area contributed by atoms with Crippen molar-refractivity contribution in [2.45, 2.75) is 46.6 Å². The van der Waals surface area contributed by atoms with Gasteiger partial charge in [0.25, 0.3) is 0 Å². The first-order chi connectivity index (χ1) is 9.04. The molecule has 1 rings (SSSR count). The van der Waals surface area contributed by atoms with Gasteiger partial charge in [0.1, 0.15) is 11.6 Å². The number of halogens is 3. The van der Waals surface area contributed by atoms with Crippen molar-refractivity contribution in [2.75, 3.05) is 6.54 Å². The third kappa shape index (κ3) is 6.47. The van der Waals surface area contributed by atoms with Crippen molar-refractivity contribution in [3.05, 3.63) is 29.1 Å². The molecule has 0 fully saturated rings. The van der Waals surface area contributed by atoms with Crippen LogP contribution in [0.5, 0.6) is 5.75 Å². The highest BCUT2D eigenvalue weighted by Gasteiger charge is 2.12. The van der Waals surface area contributed by atoms with Gasteiger partial charge >= 0.3 is 6.61 Å². The second-order valence-electron chi connectivity index (χ2n) is 3.83. The van der Waals surface area contributed by atoms with E-state index in [-0.39, 0.29) is 5.75 Å². The summed E-state index contributed by atoms with van der Waals surface area (Å²) in [6.45, 7) is 3.20. The van der Waals surface area contributed by atoms with Crippen LogP contribution in [0.25, 0.3) is 0 Å². The van der Waals surface area contributed by atoms with Crippen LogP contribution in [0.2, 0.25) is 0 Å². The zero-order chi connectivity index (χ0) is 14.8. The molecule has 0 aromatic heterocycles. The molecule has 0 saturated carbocycles. The van der Waals surface area contributed by atoms with E-state index in [9.17, 15) is 13.2 Å². The molecule has 0 amide bonds. The molecule has 19 heavy (non-hydrogen) atoms. The minimum atomic E-state index is -2.94. The number of nitrogens with two attached hydrogens (primary N) is 1. The molecule has 0 radical (unpaired) electrons. The van der Waals surface area contributed by atoms with Crippen molar-refractivity contribution in [1.82, 2.24) is 0 Å². The highest BCUT2D eigenvalue weighted by atomic mass is 19.3. The molecule has 1 aromatic carbocycles. The average Bonchev–Trinajstić information content (AvgIpc) is 2.37. The Hall–Kier alpha value is -1.23. The van der Waals surface area contributed by atoms with Gasteiger partial charge in [0.05, 0.1) is 0 Å². The normalized spacial score (nSPS) is 10.1. The van der Waals surface area contributed by atoms with E-state index in [1.807, 2.05) is 13.8 Å². The molecule has 5 heteroatoms. The predicted octanol–water partition coefficient (Wildman–Crippen LogP) is 4.04. The fourth-order valence-electron chi connectivity index (χ4n) is 1.58. The van der Waals surface area contributed by atoms with Crippen LogP contribution in [0.15, 0.2) is 12.1 Å². The van der Waals surface area contributed by atoms with Crippen LogP contribution < -0.4 is 10.5 Å². The highest BCUT2D eigenvalue weighted by molar-refractivity contribution is 5.38. The molecule has 0 aliphatic heterocycles. The van der Waals surface area contributed by atoms with Crippen molar-refractivity contribution in [3.8, 4) is 5.75 Å². The predicted molar refractivity (Wildman–Crippen MR) is 71.1 cm³/mol. The van der Waals surface area contributed by atoms with E-state index in [0.29, 0.717) is 24.1 Å². The number of rotatable bonds is 6. The lowest BCUT2D eigenvalue weighted by atomic mass is 10.0. The lowest BCUT2D eigenvalue weighted by Crippen LogP contribution is -2.06. The Morgan fingerprint density at radius 2 is 1.84 bits per heavy atom. The molecule has 1 aromatic rings. The number of unbranched alkanes of at least 4 members (excludes halogenated alkanes) is 1. The van der Waals surface area contributed by atoms with Crippen LogP contribution >= 0.6 is 0 Å². The van der Waals surface area contributed by atoms with Crippen LogP contribution in [0.4, 0.5) is 13.2 Å². The largest absolute Gasteiger partial charge is 0.434 e. The van der Waals surface area contributed by atoms with Gasteiger partial charge in [-0.1, -0.05) is 13.8 Å². The summed E-state index contributed by atoms with van der Waals surface area (Å²) in [5.41, 5.74) is 6.37. The molecule has 2 nitrogen and oxygen atoms in total. The smallest absolute Gasteiger partial charge is 0.387 e. The number of aryl methyl sites for hydroxylation is 2. The third-order valence-corrected chi connectivity index (χ3v) is 2.46. The zero-order valence-corrected chi connectivity index (χ0v) is 11.7. The van der Waals surface area contributed by atoms with Crippen LogP contribution in [0.3, 0.4) is 0 Å². The van der Waals surface area contributed by atoms with E-state index in [1.165, 1.54) is 0 Å². The van der Waals surface area contributed by atoms with E-state index in [0.717, 1.165) is 18.9 Å². The Bertz CT molecular complexity index is 370. The molecule has 0 heterocycles. The topological polar surface area (TPSA) is 35.2 Å². The van der Waals surface area contributed by atoms with Crippen molar-refractivity contribution >= 4 is 0 Å².